The molecule has 1 saturated heterocycles. The molecule has 0 N–H and O–H groups in total. The SMILES string of the molecule is CCCCCC/C=C/[C@H]1CCC(=O)O1. The van der Waals surface area contributed by atoms with Gasteiger partial charge in [0.15, 0.2) is 0 Å². The lowest BCUT2D eigenvalue weighted by atomic mass is 10.1. The lowest BCUT2D eigenvalue weighted by molar-refractivity contribution is -0.139. The number of hydrogen-bond donors (Lipinski definition) is 0. The predicted molar refractivity (Wildman–Crippen MR) is 57.0 cm³/mol. The third kappa shape index (κ3) is 4.45. The summed E-state index contributed by atoms with van der Waals surface area (Å²) in [6.45, 7) is 2.22. The van der Waals surface area contributed by atoms with E-state index in [0.29, 0.717) is 6.42 Å². The summed E-state index contributed by atoms with van der Waals surface area (Å²) in [4.78, 5) is 10.8. The summed E-state index contributed by atoms with van der Waals surface area (Å²) in [6, 6.07) is 0. The molecule has 2 nitrogen and oxygen atoms in total. The van der Waals surface area contributed by atoms with Crippen molar-refractivity contribution in [2.24, 2.45) is 0 Å². The summed E-state index contributed by atoms with van der Waals surface area (Å²) in [5, 5.41) is 0. The zero-order valence-corrected chi connectivity index (χ0v) is 9.00. The van der Waals surface area contributed by atoms with Crippen LogP contribution in [0.5, 0.6) is 0 Å². The largest absolute Gasteiger partial charge is 0.458 e. The molecule has 0 aliphatic carbocycles. The Bertz CT molecular complexity index is 196. The molecular weight excluding hydrogens is 176 g/mol. The van der Waals surface area contributed by atoms with Crippen molar-refractivity contribution in [2.75, 3.05) is 0 Å². The molecule has 1 fully saturated rings. The second-order valence-corrected chi connectivity index (χ2v) is 3.84. The van der Waals surface area contributed by atoms with Gasteiger partial charge in [0.2, 0.25) is 0 Å². The van der Waals surface area contributed by atoms with E-state index in [0.717, 1.165) is 12.8 Å². The molecule has 0 spiro atoms. The van der Waals surface area contributed by atoms with E-state index in [9.17, 15) is 4.79 Å². The summed E-state index contributed by atoms with van der Waals surface area (Å²) in [5.41, 5.74) is 0. The van der Waals surface area contributed by atoms with Crippen molar-refractivity contribution < 1.29 is 9.53 Å². The smallest absolute Gasteiger partial charge is 0.306 e. The Balaban J connectivity index is 2.00. The number of carbonyl (C=O) groups is 1. The highest BCUT2D eigenvalue weighted by Crippen LogP contribution is 2.15. The highest BCUT2D eigenvalue weighted by Gasteiger charge is 2.19. The summed E-state index contributed by atoms with van der Waals surface area (Å²) in [6.07, 6.45) is 12.0. The first-order chi connectivity index (χ1) is 6.83. The normalized spacial score (nSPS) is 21.8. The van der Waals surface area contributed by atoms with Crippen LogP contribution in [-0.4, -0.2) is 12.1 Å². The molecule has 1 atom stereocenters. The first-order valence-corrected chi connectivity index (χ1v) is 5.69. The van der Waals surface area contributed by atoms with Crippen molar-refractivity contribution in [1.29, 1.82) is 0 Å². The van der Waals surface area contributed by atoms with Gasteiger partial charge in [-0.05, 0) is 25.3 Å². The van der Waals surface area contributed by atoms with Gasteiger partial charge in [0.1, 0.15) is 6.10 Å². The van der Waals surface area contributed by atoms with Crippen molar-refractivity contribution in [3.63, 3.8) is 0 Å². The quantitative estimate of drug-likeness (QED) is 0.370. The lowest BCUT2D eigenvalue weighted by Gasteiger charge is -2.01. The van der Waals surface area contributed by atoms with E-state index in [-0.39, 0.29) is 12.1 Å². The fourth-order valence-corrected chi connectivity index (χ4v) is 1.62. The van der Waals surface area contributed by atoms with E-state index in [1.54, 1.807) is 0 Å². The molecule has 14 heavy (non-hydrogen) atoms. The van der Waals surface area contributed by atoms with Gasteiger partial charge in [-0.15, -0.1) is 0 Å². The van der Waals surface area contributed by atoms with Gasteiger partial charge in [0, 0.05) is 6.42 Å². The average Bonchev–Trinajstić information content (AvgIpc) is 2.58. The van der Waals surface area contributed by atoms with E-state index < -0.39 is 0 Å². The van der Waals surface area contributed by atoms with Crippen LogP contribution in [-0.2, 0) is 9.53 Å². The van der Waals surface area contributed by atoms with Gasteiger partial charge >= 0.3 is 5.97 Å². The maximum absolute atomic E-state index is 10.8. The summed E-state index contributed by atoms with van der Waals surface area (Å²) < 4.78 is 5.06. The Labute approximate surface area is 86.3 Å². The fraction of sp³-hybridized carbons (Fsp3) is 0.750. The topological polar surface area (TPSA) is 26.3 Å². The van der Waals surface area contributed by atoms with Crippen LogP contribution in [0.2, 0.25) is 0 Å². The molecule has 1 aliphatic heterocycles. The van der Waals surface area contributed by atoms with Crippen LogP contribution in [0.15, 0.2) is 12.2 Å². The molecule has 1 heterocycles. The summed E-state index contributed by atoms with van der Waals surface area (Å²) >= 11 is 0. The number of unbranched alkanes of at least 4 members (excludes halogenated alkanes) is 4. The third-order valence-electron chi connectivity index (χ3n) is 2.49. The Hall–Kier alpha value is -0.790. The van der Waals surface area contributed by atoms with Crippen LogP contribution in [0.25, 0.3) is 0 Å². The number of carbonyl (C=O) groups excluding carboxylic acids is 1. The van der Waals surface area contributed by atoms with Gasteiger partial charge in [0.25, 0.3) is 0 Å². The van der Waals surface area contributed by atoms with Gasteiger partial charge in [-0.2, -0.15) is 0 Å². The number of esters is 1. The van der Waals surface area contributed by atoms with Crippen molar-refractivity contribution in [1.82, 2.24) is 0 Å². The van der Waals surface area contributed by atoms with E-state index in [2.05, 4.69) is 13.0 Å². The lowest BCUT2D eigenvalue weighted by Crippen LogP contribution is -2.01. The van der Waals surface area contributed by atoms with Crippen LogP contribution < -0.4 is 0 Å². The number of hydrogen-bond acceptors (Lipinski definition) is 2. The first kappa shape index (κ1) is 11.3. The van der Waals surface area contributed by atoms with E-state index in [4.69, 9.17) is 4.74 Å². The molecule has 80 valence electrons. The van der Waals surface area contributed by atoms with Crippen LogP contribution in [0, 0.1) is 0 Å². The average molecular weight is 196 g/mol. The maximum atomic E-state index is 10.8. The Morgan fingerprint density at radius 2 is 2.29 bits per heavy atom. The van der Waals surface area contributed by atoms with Gasteiger partial charge in [0.05, 0.1) is 0 Å². The number of cyclic esters (lactones) is 1. The van der Waals surface area contributed by atoms with Gasteiger partial charge in [-0.25, -0.2) is 0 Å². The fourth-order valence-electron chi connectivity index (χ4n) is 1.62. The van der Waals surface area contributed by atoms with Crippen molar-refractivity contribution in [2.45, 2.75) is 58.0 Å². The third-order valence-corrected chi connectivity index (χ3v) is 2.49. The van der Waals surface area contributed by atoms with Crippen molar-refractivity contribution in [3.05, 3.63) is 12.2 Å². The monoisotopic (exact) mass is 196 g/mol. The maximum Gasteiger partial charge on any atom is 0.306 e. The molecule has 0 aromatic carbocycles. The highest BCUT2D eigenvalue weighted by molar-refractivity contribution is 5.71. The van der Waals surface area contributed by atoms with Crippen LogP contribution >= 0.6 is 0 Å². The summed E-state index contributed by atoms with van der Waals surface area (Å²) in [5.74, 6) is -0.0503. The van der Waals surface area contributed by atoms with E-state index in [1.165, 1.54) is 25.7 Å². The molecule has 0 aromatic heterocycles. The van der Waals surface area contributed by atoms with E-state index >= 15 is 0 Å². The van der Waals surface area contributed by atoms with Crippen molar-refractivity contribution in [3.8, 4) is 0 Å². The number of ether oxygens (including phenoxy) is 1. The highest BCUT2D eigenvalue weighted by atomic mass is 16.5. The molecule has 1 rings (SSSR count). The summed E-state index contributed by atoms with van der Waals surface area (Å²) in [7, 11) is 0. The van der Waals surface area contributed by atoms with Gasteiger partial charge in [-0.1, -0.05) is 32.3 Å². The molecule has 0 aromatic rings. The minimum atomic E-state index is -0.0503. The van der Waals surface area contributed by atoms with Crippen molar-refractivity contribution >= 4 is 5.97 Å². The molecule has 0 radical (unpaired) electrons. The van der Waals surface area contributed by atoms with Crippen LogP contribution in [0.4, 0.5) is 0 Å². The molecule has 1 aliphatic rings. The zero-order valence-electron chi connectivity index (χ0n) is 9.00. The van der Waals surface area contributed by atoms with E-state index in [1.807, 2.05) is 6.08 Å². The second kappa shape index (κ2) is 6.63. The predicted octanol–water partition coefficient (Wildman–Crippen LogP) is 3.22. The molecule has 0 unspecified atom stereocenters. The minimum absolute atomic E-state index is 0.0503. The van der Waals surface area contributed by atoms with Gasteiger partial charge in [-0.3, -0.25) is 4.79 Å². The Morgan fingerprint density at radius 1 is 1.43 bits per heavy atom. The van der Waals surface area contributed by atoms with Crippen LogP contribution in [0.1, 0.15) is 51.9 Å². The Kier molecular flexibility index (Phi) is 5.35. The standard InChI is InChI=1S/C12H20O2/c1-2-3-4-5-6-7-8-11-9-10-12(13)14-11/h7-8,11H,2-6,9-10H2,1H3/b8-7+/t11-/m0/s1. The number of allylic oxidation sites excluding steroid dienone is 1. The zero-order chi connectivity index (χ0) is 10.2. The minimum Gasteiger partial charge on any atom is -0.458 e. The molecule has 0 saturated carbocycles. The van der Waals surface area contributed by atoms with Crippen LogP contribution in [0.3, 0.4) is 0 Å². The molecule has 0 amide bonds. The Morgan fingerprint density at radius 3 is 2.93 bits per heavy atom. The second-order valence-electron chi connectivity index (χ2n) is 3.84. The molecular formula is C12H20O2. The first-order valence-electron chi connectivity index (χ1n) is 5.69. The van der Waals surface area contributed by atoms with Gasteiger partial charge < -0.3 is 4.74 Å². The molecule has 2 heteroatoms. The number of rotatable bonds is 6. The molecule has 0 bridgehead atoms.